The molecule has 402 valence electrons. The second-order valence-electron chi connectivity index (χ2n) is 17.7. The Balaban J connectivity index is 2.11. The van der Waals surface area contributed by atoms with Crippen LogP contribution in [0.25, 0.3) is 0 Å². The minimum absolute atomic E-state index is 0.0542. The third-order valence-electron chi connectivity index (χ3n) is 11.2. The smallest absolute Gasteiger partial charge is 0.246 e. The van der Waals surface area contributed by atoms with Gasteiger partial charge in [0.15, 0.2) is 0 Å². The fraction of sp³-hybridized carbons (Fsp3) is 0.556. The van der Waals surface area contributed by atoms with Crippen LogP contribution in [0.2, 0.25) is 0 Å². The number of carbonyl (C=O) groups excluding carboxylic acids is 11. The number of nitrogens with two attached hydrogens (primary N) is 4. The SMILES string of the molecule is CC[C@H](C)[C@@H]1NC(=O)[C@H](Cc2ccc(O)cc2)NC(=O)[C@@H](N)CSSC[C@@H](C(=O)N(CC(=O)N[C@@H](CC(C)C)C(=O)NC(C=O)CN)Cc2nccs2)NC(=O)[C@H](CC(N)=O)NC(=O)[C@H](CCC(N)=O)NC1=O. The monoisotopic (exact) mass is 1080 g/mol. The molecule has 25 nitrogen and oxygen atoms in total. The predicted molar refractivity (Wildman–Crippen MR) is 272 cm³/mol. The maximum Gasteiger partial charge on any atom is 0.246 e. The summed E-state index contributed by atoms with van der Waals surface area (Å²) >= 11 is 1.15. The Morgan fingerprint density at radius 3 is 2.07 bits per heavy atom. The minimum atomic E-state index is -1.80. The van der Waals surface area contributed by atoms with Crippen LogP contribution >= 0.6 is 32.9 Å². The fourth-order valence-corrected chi connectivity index (χ4v) is 9.95. The number of phenols is 1. The average molecular weight is 1080 g/mol. The van der Waals surface area contributed by atoms with Crippen molar-refractivity contribution in [1.29, 1.82) is 0 Å². The van der Waals surface area contributed by atoms with Crippen LogP contribution in [0.15, 0.2) is 35.8 Å². The molecule has 3 rings (SSSR count). The highest BCUT2D eigenvalue weighted by molar-refractivity contribution is 8.76. The van der Waals surface area contributed by atoms with Crippen molar-refractivity contribution < 1.29 is 57.8 Å². The van der Waals surface area contributed by atoms with Crippen molar-refractivity contribution in [2.75, 3.05) is 24.6 Å². The van der Waals surface area contributed by atoms with Crippen LogP contribution in [-0.4, -0.2) is 153 Å². The average Bonchev–Trinajstić information content (AvgIpc) is 3.86. The highest BCUT2D eigenvalue weighted by atomic mass is 33.1. The number of benzene rings is 1. The van der Waals surface area contributed by atoms with Crippen molar-refractivity contribution in [2.24, 2.45) is 34.8 Å². The van der Waals surface area contributed by atoms with E-state index in [4.69, 9.17) is 22.9 Å². The molecule has 1 saturated heterocycles. The van der Waals surface area contributed by atoms with E-state index in [-0.39, 0.29) is 49.1 Å². The van der Waals surface area contributed by atoms with Gasteiger partial charge in [-0.15, -0.1) is 11.3 Å². The van der Waals surface area contributed by atoms with E-state index in [9.17, 15) is 57.8 Å². The summed E-state index contributed by atoms with van der Waals surface area (Å²) in [6.45, 7) is 5.81. The quantitative estimate of drug-likeness (QED) is 0.0436. The van der Waals surface area contributed by atoms with Crippen molar-refractivity contribution in [2.45, 2.75) is 121 Å². The van der Waals surface area contributed by atoms with Crippen molar-refractivity contribution in [3.8, 4) is 5.75 Å². The molecule has 16 N–H and O–H groups in total. The highest BCUT2D eigenvalue weighted by Gasteiger charge is 2.37. The molecule has 1 unspecified atom stereocenters. The van der Waals surface area contributed by atoms with Gasteiger partial charge in [0, 0.05) is 42.5 Å². The molecule has 0 saturated carbocycles. The van der Waals surface area contributed by atoms with Gasteiger partial charge in [0.25, 0.3) is 0 Å². The van der Waals surface area contributed by atoms with E-state index in [1.165, 1.54) is 30.5 Å². The number of nitrogens with one attached hydrogen (secondary N) is 7. The van der Waals surface area contributed by atoms with Gasteiger partial charge < -0.3 is 75.0 Å². The predicted octanol–water partition coefficient (Wildman–Crippen LogP) is -3.07. The first-order valence-corrected chi connectivity index (χ1v) is 26.7. The molecule has 1 fully saturated rings. The lowest BCUT2D eigenvalue weighted by Crippen LogP contribution is -2.61. The zero-order valence-corrected chi connectivity index (χ0v) is 43.4. The van der Waals surface area contributed by atoms with E-state index >= 15 is 0 Å². The lowest BCUT2D eigenvalue weighted by Gasteiger charge is -2.30. The Bertz CT molecular complexity index is 2240. The second kappa shape index (κ2) is 30.6. The minimum Gasteiger partial charge on any atom is -0.508 e. The summed E-state index contributed by atoms with van der Waals surface area (Å²) in [6, 6.07) is -5.28. The molecule has 73 heavy (non-hydrogen) atoms. The van der Waals surface area contributed by atoms with Gasteiger partial charge in [-0.3, -0.25) is 47.9 Å². The Labute approximate surface area is 434 Å². The zero-order valence-electron chi connectivity index (χ0n) is 41.0. The molecule has 0 aliphatic carbocycles. The van der Waals surface area contributed by atoms with Gasteiger partial charge in [-0.05, 0) is 42.4 Å². The summed E-state index contributed by atoms with van der Waals surface area (Å²) in [5.74, 6) is -10.2. The summed E-state index contributed by atoms with van der Waals surface area (Å²) < 4.78 is 0. The molecular formula is C45H67N13O12S3. The molecule has 10 amide bonds. The van der Waals surface area contributed by atoms with Gasteiger partial charge in [-0.2, -0.15) is 0 Å². The number of primary amides is 2. The molecule has 0 bridgehead atoms. The van der Waals surface area contributed by atoms with Crippen molar-refractivity contribution in [1.82, 2.24) is 47.1 Å². The number of amides is 10. The van der Waals surface area contributed by atoms with Crippen LogP contribution in [0.5, 0.6) is 5.75 Å². The molecule has 1 aromatic carbocycles. The van der Waals surface area contributed by atoms with Crippen LogP contribution in [0.1, 0.15) is 70.4 Å². The normalized spacial score (nSPS) is 21.9. The summed E-state index contributed by atoms with van der Waals surface area (Å²) in [7, 11) is 1.98. The van der Waals surface area contributed by atoms with Crippen LogP contribution in [0.4, 0.5) is 0 Å². The molecular weight excluding hydrogens is 1010 g/mol. The molecule has 2 heterocycles. The molecule has 9 atom stereocenters. The van der Waals surface area contributed by atoms with E-state index in [2.05, 4.69) is 42.2 Å². The van der Waals surface area contributed by atoms with E-state index in [1.807, 2.05) is 0 Å². The first-order valence-electron chi connectivity index (χ1n) is 23.3. The molecule has 1 aliphatic heterocycles. The van der Waals surface area contributed by atoms with E-state index in [0.29, 0.717) is 23.3 Å². The van der Waals surface area contributed by atoms with Crippen LogP contribution in [0.3, 0.4) is 0 Å². The van der Waals surface area contributed by atoms with Crippen molar-refractivity contribution in [3.05, 3.63) is 46.4 Å². The van der Waals surface area contributed by atoms with E-state index < -0.39 is 139 Å². The zero-order chi connectivity index (χ0) is 54.4. The first kappa shape index (κ1) is 60.9. The topological polar surface area (TPSA) is 412 Å². The van der Waals surface area contributed by atoms with E-state index in [0.717, 1.165) is 37.8 Å². The summed E-state index contributed by atoms with van der Waals surface area (Å²) in [5.41, 5.74) is 23.4. The number of nitrogens with zero attached hydrogens (tertiary/aromatic N) is 2. The number of aldehydes is 1. The first-order chi connectivity index (χ1) is 34.5. The number of phenolic OH excluding ortho intramolecular Hbond substituents is 1. The molecule has 28 heteroatoms. The lowest BCUT2D eigenvalue weighted by atomic mass is 9.96. The lowest BCUT2D eigenvalue weighted by molar-refractivity contribution is -0.141. The Hall–Kier alpha value is -6.36. The number of aromatic hydroxyl groups is 1. The Morgan fingerprint density at radius 1 is 0.849 bits per heavy atom. The maximum absolute atomic E-state index is 14.8. The van der Waals surface area contributed by atoms with Gasteiger partial charge in [-0.25, -0.2) is 4.98 Å². The summed E-state index contributed by atoms with van der Waals surface area (Å²) in [5, 5.41) is 29.7. The van der Waals surface area contributed by atoms with Crippen LogP contribution < -0.4 is 60.2 Å². The van der Waals surface area contributed by atoms with Gasteiger partial charge in [-0.1, -0.05) is 67.8 Å². The van der Waals surface area contributed by atoms with Gasteiger partial charge in [0.2, 0.25) is 59.1 Å². The number of thiazole rings is 1. The van der Waals surface area contributed by atoms with Crippen molar-refractivity contribution >= 4 is 98.3 Å². The maximum atomic E-state index is 14.8. The fourth-order valence-electron chi connectivity index (χ4n) is 7.05. The van der Waals surface area contributed by atoms with E-state index in [1.54, 1.807) is 33.1 Å². The van der Waals surface area contributed by atoms with Crippen LogP contribution in [-0.2, 0) is 65.7 Å². The van der Waals surface area contributed by atoms with Gasteiger partial charge >= 0.3 is 0 Å². The standard InChI is InChI=1S/C45H67N13O12S3/c1-5-24(4)38-44(69)53-29(10-11-34(48)61)40(65)55-32(16-35(49)62)42(67)56-33(22-73-72-21-28(47)39(64)54-31(43(68)57-38)15-25-6-8-27(60)9-7-25)45(70)58(19-37-50-12-13-71-37)18-36(63)52-30(14-23(2)3)41(66)51-26(17-46)20-59/h6-9,12-13,20,23-24,26,28-33,38,60H,5,10-11,14-19,21-22,46-47H2,1-4H3,(H2,48,61)(H2,49,62)(H,51,66)(H,52,63)(H,53,69)(H,54,64)(H,55,65)(H,56,67)(H,57,68)/t24-,26?,28-,29-,30-,31-,32-,33-,38-/m0/s1. The largest absolute Gasteiger partial charge is 0.508 e. The third kappa shape index (κ3) is 21.0. The summed E-state index contributed by atoms with van der Waals surface area (Å²) in [4.78, 5) is 153. The van der Waals surface area contributed by atoms with Crippen LogP contribution in [0, 0.1) is 11.8 Å². The number of carbonyl (C=O) groups is 11. The second-order valence-corrected chi connectivity index (χ2v) is 21.2. The number of hydrogen-bond acceptors (Lipinski definition) is 18. The molecule has 1 aromatic heterocycles. The highest BCUT2D eigenvalue weighted by Crippen LogP contribution is 2.24. The molecule has 0 spiro atoms. The number of aromatic nitrogens is 1. The van der Waals surface area contributed by atoms with Gasteiger partial charge in [0.05, 0.1) is 25.0 Å². The third-order valence-corrected chi connectivity index (χ3v) is 14.4. The Morgan fingerprint density at radius 2 is 1.48 bits per heavy atom. The number of rotatable bonds is 21. The molecule has 1 aliphatic rings. The van der Waals surface area contributed by atoms with Gasteiger partial charge in [0.1, 0.15) is 59.8 Å². The molecule has 2 aromatic rings. The summed E-state index contributed by atoms with van der Waals surface area (Å²) in [6.07, 6.45) is 0.563. The Kier molecular flexibility index (Phi) is 25.6. The molecule has 0 radical (unpaired) electrons. The number of hydrogen-bond donors (Lipinski definition) is 12. The van der Waals surface area contributed by atoms with Crippen molar-refractivity contribution in [3.63, 3.8) is 0 Å².